The Hall–Kier alpha value is -1.79. The van der Waals surface area contributed by atoms with Crippen molar-refractivity contribution >= 4 is 11.6 Å². The molecule has 0 saturated carbocycles. The van der Waals surface area contributed by atoms with Crippen molar-refractivity contribution in [2.45, 2.75) is 26.7 Å². The molecule has 2 nitrogen and oxygen atoms in total. The fourth-order valence-corrected chi connectivity index (χ4v) is 1.64. The maximum absolute atomic E-state index is 13.3. The van der Waals surface area contributed by atoms with Gasteiger partial charge in [0.25, 0.3) is 0 Å². The molecule has 0 fully saturated rings. The zero-order valence-electron chi connectivity index (χ0n) is 10.7. The van der Waals surface area contributed by atoms with E-state index in [0.29, 0.717) is 0 Å². The summed E-state index contributed by atoms with van der Waals surface area (Å²) in [5, 5.41) is 0. The number of halogens is 5. The Morgan fingerprint density at radius 2 is 1.25 bits per heavy atom. The van der Waals surface area contributed by atoms with Crippen molar-refractivity contribution in [2.75, 3.05) is 0 Å². The van der Waals surface area contributed by atoms with Gasteiger partial charge in [0.05, 0.1) is 12.0 Å². The molecule has 0 atom stereocenters. The van der Waals surface area contributed by atoms with Crippen LogP contribution in [0.4, 0.5) is 22.0 Å². The minimum atomic E-state index is -2.34. The highest BCUT2D eigenvalue weighted by molar-refractivity contribution is 6.08. The fourth-order valence-electron chi connectivity index (χ4n) is 1.64. The van der Waals surface area contributed by atoms with Crippen LogP contribution >= 0.6 is 0 Å². The lowest BCUT2D eigenvalue weighted by Gasteiger charge is -2.07. The third kappa shape index (κ3) is 3.20. The Bertz CT molecular complexity index is 537. The van der Waals surface area contributed by atoms with Gasteiger partial charge in [-0.3, -0.25) is 9.59 Å². The van der Waals surface area contributed by atoms with Gasteiger partial charge < -0.3 is 0 Å². The second-order valence-electron chi connectivity index (χ2n) is 4.68. The Kier molecular flexibility index (Phi) is 4.97. The van der Waals surface area contributed by atoms with E-state index in [0.717, 1.165) is 0 Å². The smallest absolute Gasteiger partial charge is 0.200 e. The van der Waals surface area contributed by atoms with Gasteiger partial charge in [-0.15, -0.1) is 0 Å². The zero-order chi connectivity index (χ0) is 15.6. The van der Waals surface area contributed by atoms with Gasteiger partial charge >= 0.3 is 0 Å². The van der Waals surface area contributed by atoms with Gasteiger partial charge in [0.1, 0.15) is 5.78 Å². The van der Waals surface area contributed by atoms with Crippen LogP contribution in [0.1, 0.15) is 37.0 Å². The van der Waals surface area contributed by atoms with Crippen molar-refractivity contribution in [2.24, 2.45) is 5.92 Å². The molecule has 0 aliphatic heterocycles. The number of carbonyl (C=O) groups excluding carboxylic acids is 2. The van der Waals surface area contributed by atoms with E-state index in [1.165, 1.54) is 0 Å². The molecule has 0 aromatic heterocycles. The highest BCUT2D eigenvalue weighted by Crippen LogP contribution is 2.24. The molecule has 0 N–H and O–H groups in total. The second kappa shape index (κ2) is 6.11. The van der Waals surface area contributed by atoms with E-state index < -0.39 is 52.6 Å². The van der Waals surface area contributed by atoms with Crippen molar-refractivity contribution in [3.8, 4) is 0 Å². The third-order valence-electron chi connectivity index (χ3n) is 2.48. The predicted molar refractivity (Wildman–Crippen MR) is 59.6 cm³/mol. The van der Waals surface area contributed by atoms with Gasteiger partial charge in [-0.1, -0.05) is 13.8 Å². The lowest BCUT2D eigenvalue weighted by molar-refractivity contribution is -0.118. The molecular formula is C13H11F5O2. The molecule has 0 amide bonds. The highest BCUT2D eigenvalue weighted by Gasteiger charge is 2.30. The first-order chi connectivity index (χ1) is 9.16. The standard InChI is InChI=1S/C13H11F5O2/c1-5(2)3-6(19)4-7(20)8-9(14)11(16)13(18)12(17)10(8)15/h5H,3-4H2,1-2H3. The monoisotopic (exact) mass is 294 g/mol. The molecule has 110 valence electrons. The van der Waals surface area contributed by atoms with E-state index in [-0.39, 0.29) is 12.3 Å². The van der Waals surface area contributed by atoms with E-state index in [1.807, 2.05) is 0 Å². The quantitative estimate of drug-likeness (QED) is 0.273. The van der Waals surface area contributed by atoms with E-state index in [2.05, 4.69) is 0 Å². The number of carbonyl (C=O) groups is 2. The summed E-state index contributed by atoms with van der Waals surface area (Å²) in [6.45, 7) is 3.36. The van der Waals surface area contributed by atoms with Gasteiger partial charge in [0.15, 0.2) is 29.1 Å². The molecule has 7 heteroatoms. The predicted octanol–water partition coefficient (Wildman–Crippen LogP) is 3.57. The van der Waals surface area contributed by atoms with Crippen LogP contribution in [0.5, 0.6) is 0 Å². The van der Waals surface area contributed by atoms with E-state index >= 15 is 0 Å². The second-order valence-corrected chi connectivity index (χ2v) is 4.68. The van der Waals surface area contributed by atoms with Crippen LogP contribution < -0.4 is 0 Å². The number of hydrogen-bond donors (Lipinski definition) is 0. The van der Waals surface area contributed by atoms with Gasteiger partial charge in [-0.05, 0) is 5.92 Å². The van der Waals surface area contributed by atoms with Gasteiger partial charge in [-0.25, -0.2) is 22.0 Å². The largest absolute Gasteiger partial charge is 0.299 e. The van der Waals surface area contributed by atoms with Gasteiger partial charge in [-0.2, -0.15) is 0 Å². The van der Waals surface area contributed by atoms with Crippen LogP contribution in [-0.4, -0.2) is 11.6 Å². The Labute approximate surface area is 111 Å². The molecule has 0 spiro atoms. The van der Waals surface area contributed by atoms with Crippen LogP contribution in [0, 0.1) is 35.0 Å². The zero-order valence-corrected chi connectivity index (χ0v) is 10.7. The molecule has 1 aromatic carbocycles. The first-order valence-corrected chi connectivity index (χ1v) is 5.73. The number of benzene rings is 1. The van der Waals surface area contributed by atoms with Crippen molar-refractivity contribution in [3.63, 3.8) is 0 Å². The van der Waals surface area contributed by atoms with Gasteiger partial charge in [0, 0.05) is 6.42 Å². The van der Waals surface area contributed by atoms with Crippen molar-refractivity contribution in [1.82, 2.24) is 0 Å². The highest BCUT2D eigenvalue weighted by atomic mass is 19.2. The number of Topliss-reactive ketones (excluding diaryl/α,β-unsaturated/α-hetero) is 2. The van der Waals surface area contributed by atoms with E-state index in [1.54, 1.807) is 13.8 Å². The molecular weight excluding hydrogens is 283 g/mol. The summed E-state index contributed by atoms with van der Waals surface area (Å²) >= 11 is 0. The summed E-state index contributed by atoms with van der Waals surface area (Å²) in [4.78, 5) is 22.9. The molecule has 20 heavy (non-hydrogen) atoms. The summed E-state index contributed by atoms with van der Waals surface area (Å²) in [5.41, 5.74) is -1.57. The summed E-state index contributed by atoms with van der Waals surface area (Å²) in [7, 11) is 0. The van der Waals surface area contributed by atoms with Crippen LogP contribution in [0.2, 0.25) is 0 Å². The van der Waals surface area contributed by atoms with E-state index in [9.17, 15) is 31.5 Å². The molecule has 0 bridgehead atoms. The first-order valence-electron chi connectivity index (χ1n) is 5.73. The summed E-state index contributed by atoms with van der Waals surface area (Å²) < 4.78 is 65.2. The first kappa shape index (κ1) is 16.3. The molecule has 1 rings (SSSR count). The Balaban J connectivity index is 3.15. The summed E-state index contributed by atoms with van der Waals surface area (Å²) in [5.74, 6) is -13.3. The molecule has 0 saturated heterocycles. The van der Waals surface area contributed by atoms with Crippen LogP contribution in [-0.2, 0) is 4.79 Å². The lowest BCUT2D eigenvalue weighted by Crippen LogP contribution is -2.16. The molecule has 0 aliphatic carbocycles. The normalized spacial score (nSPS) is 11.0. The minimum Gasteiger partial charge on any atom is -0.299 e. The van der Waals surface area contributed by atoms with Gasteiger partial charge in [0.2, 0.25) is 5.82 Å². The average molecular weight is 294 g/mol. The van der Waals surface area contributed by atoms with Crippen molar-refractivity contribution < 1.29 is 31.5 Å². The fraction of sp³-hybridized carbons (Fsp3) is 0.385. The Morgan fingerprint density at radius 1 is 0.850 bits per heavy atom. The molecule has 0 unspecified atom stereocenters. The maximum Gasteiger partial charge on any atom is 0.200 e. The number of hydrogen-bond acceptors (Lipinski definition) is 2. The Morgan fingerprint density at radius 3 is 1.65 bits per heavy atom. The molecule has 0 radical (unpaired) electrons. The lowest BCUT2D eigenvalue weighted by atomic mass is 9.99. The SMILES string of the molecule is CC(C)CC(=O)CC(=O)c1c(F)c(F)c(F)c(F)c1F. The van der Waals surface area contributed by atoms with Crippen LogP contribution in [0.25, 0.3) is 0 Å². The van der Waals surface area contributed by atoms with E-state index in [4.69, 9.17) is 0 Å². The molecule has 0 aliphatic rings. The number of rotatable bonds is 5. The van der Waals surface area contributed by atoms with Crippen molar-refractivity contribution in [1.29, 1.82) is 0 Å². The number of ketones is 2. The molecule has 0 heterocycles. The van der Waals surface area contributed by atoms with Crippen LogP contribution in [0.3, 0.4) is 0 Å². The molecule has 1 aromatic rings. The summed E-state index contributed by atoms with van der Waals surface area (Å²) in [6, 6.07) is 0. The van der Waals surface area contributed by atoms with Crippen molar-refractivity contribution in [3.05, 3.63) is 34.6 Å². The topological polar surface area (TPSA) is 34.1 Å². The van der Waals surface area contributed by atoms with Crippen LogP contribution in [0.15, 0.2) is 0 Å². The summed E-state index contributed by atoms with van der Waals surface area (Å²) in [6.07, 6.45) is -0.933. The third-order valence-corrected chi connectivity index (χ3v) is 2.48. The minimum absolute atomic E-state index is 0.0266. The average Bonchev–Trinajstić information content (AvgIpc) is 2.33. The maximum atomic E-state index is 13.3.